The van der Waals surface area contributed by atoms with Crippen LogP contribution in [0.1, 0.15) is 30.6 Å². The second-order valence-corrected chi connectivity index (χ2v) is 10.6. The number of halogens is 2. The molecule has 212 valence electrons. The first kappa shape index (κ1) is 27.7. The molecule has 0 saturated carbocycles. The van der Waals surface area contributed by atoms with Crippen molar-refractivity contribution in [1.82, 2.24) is 19.7 Å². The van der Waals surface area contributed by atoms with Crippen molar-refractivity contribution in [2.24, 2.45) is 0 Å². The standard InChI is InChI=1S/C28H32ClFN6O4/c1-4-20(37)33-9-11-35(16(3)13-33)27-23-26(24(29)25(32-27)22-18(30)7-6-8-19(22)31)40-15-17-14-34(21(38)5-2)10-12-36(17)28(23)39/h5-8,16-17H,2,4,9-15,31H2,1,3H3/t16-,17+/m0/s1. The molecule has 5 rings (SSSR count). The number of nitrogens with zero attached hydrogens (tertiary/aromatic N) is 5. The molecule has 3 aliphatic rings. The summed E-state index contributed by atoms with van der Waals surface area (Å²) in [5, 5.41) is -0.0183. The van der Waals surface area contributed by atoms with Crippen LogP contribution in [0.3, 0.4) is 0 Å². The summed E-state index contributed by atoms with van der Waals surface area (Å²) < 4.78 is 21.3. The van der Waals surface area contributed by atoms with Crippen molar-refractivity contribution in [3.8, 4) is 17.0 Å². The normalized spacial score (nSPS) is 20.9. The van der Waals surface area contributed by atoms with Crippen molar-refractivity contribution < 1.29 is 23.5 Å². The summed E-state index contributed by atoms with van der Waals surface area (Å²) in [7, 11) is 0. The van der Waals surface area contributed by atoms with Crippen LogP contribution in [-0.4, -0.2) is 95.4 Å². The summed E-state index contributed by atoms with van der Waals surface area (Å²) in [5.74, 6) is -0.723. The number of carbonyl (C=O) groups is 3. The maximum atomic E-state index is 15.1. The van der Waals surface area contributed by atoms with Crippen LogP contribution in [0.4, 0.5) is 15.9 Å². The number of ether oxygens (including phenoxy) is 1. The smallest absolute Gasteiger partial charge is 0.261 e. The number of hydrogen-bond donors (Lipinski definition) is 1. The maximum Gasteiger partial charge on any atom is 0.261 e. The van der Waals surface area contributed by atoms with Gasteiger partial charge in [-0.05, 0) is 25.1 Å². The van der Waals surface area contributed by atoms with E-state index >= 15 is 4.39 Å². The SMILES string of the molecule is C=CC(=O)N1CCN2C(=O)c3c(N4CCN(C(=O)CC)C[C@@H]4C)nc(-c4c(N)cccc4F)c(Cl)c3OC[C@H]2C1. The van der Waals surface area contributed by atoms with Gasteiger partial charge in [0.15, 0.2) is 5.75 Å². The number of carbonyl (C=O) groups excluding carboxylic acids is 3. The minimum atomic E-state index is -0.609. The van der Waals surface area contributed by atoms with Gasteiger partial charge in [-0.1, -0.05) is 31.2 Å². The van der Waals surface area contributed by atoms with Crippen LogP contribution in [0.2, 0.25) is 5.02 Å². The third kappa shape index (κ3) is 4.72. The molecular weight excluding hydrogens is 539 g/mol. The first-order chi connectivity index (χ1) is 19.2. The van der Waals surface area contributed by atoms with Crippen LogP contribution < -0.4 is 15.4 Å². The van der Waals surface area contributed by atoms with Crippen LogP contribution in [0.25, 0.3) is 11.3 Å². The summed E-state index contributed by atoms with van der Waals surface area (Å²) >= 11 is 6.84. The Morgan fingerprint density at radius 1 is 1.18 bits per heavy atom. The number of aromatic nitrogens is 1. The molecule has 10 nitrogen and oxygen atoms in total. The van der Waals surface area contributed by atoms with Gasteiger partial charge >= 0.3 is 0 Å². The summed E-state index contributed by atoms with van der Waals surface area (Å²) in [4.78, 5) is 50.7. The van der Waals surface area contributed by atoms with Gasteiger partial charge in [-0.2, -0.15) is 0 Å². The average Bonchev–Trinajstić information content (AvgIpc) is 3.09. The van der Waals surface area contributed by atoms with Crippen LogP contribution in [0, 0.1) is 5.82 Å². The molecule has 2 atom stereocenters. The molecule has 2 aromatic rings. The van der Waals surface area contributed by atoms with Crippen molar-refractivity contribution >= 4 is 40.8 Å². The zero-order valence-electron chi connectivity index (χ0n) is 22.5. The molecular formula is C28H32ClFN6O4. The number of amides is 3. The Labute approximate surface area is 237 Å². The third-order valence-electron chi connectivity index (χ3n) is 7.78. The monoisotopic (exact) mass is 570 g/mol. The Balaban J connectivity index is 1.64. The lowest BCUT2D eigenvalue weighted by Gasteiger charge is -2.42. The van der Waals surface area contributed by atoms with Crippen molar-refractivity contribution in [2.75, 3.05) is 56.5 Å². The molecule has 0 radical (unpaired) electrons. The zero-order valence-corrected chi connectivity index (χ0v) is 23.3. The lowest BCUT2D eigenvalue weighted by atomic mass is 10.0. The quantitative estimate of drug-likeness (QED) is 0.444. The number of benzene rings is 1. The fraction of sp³-hybridized carbons (Fsp3) is 0.429. The number of nitrogens with two attached hydrogens (primary N) is 1. The fourth-order valence-electron chi connectivity index (χ4n) is 5.66. The van der Waals surface area contributed by atoms with Gasteiger partial charge < -0.3 is 30.1 Å². The van der Waals surface area contributed by atoms with E-state index in [1.165, 1.54) is 18.2 Å². The molecule has 0 unspecified atom stereocenters. The zero-order chi connectivity index (χ0) is 28.7. The Bertz CT molecular complexity index is 1370. The molecule has 40 heavy (non-hydrogen) atoms. The van der Waals surface area contributed by atoms with E-state index in [9.17, 15) is 14.4 Å². The molecule has 3 aliphatic heterocycles. The van der Waals surface area contributed by atoms with E-state index < -0.39 is 11.9 Å². The number of fused-ring (bicyclic) bond motifs is 2. The maximum absolute atomic E-state index is 15.1. The number of rotatable bonds is 4. The largest absolute Gasteiger partial charge is 0.489 e. The van der Waals surface area contributed by atoms with Crippen LogP contribution in [-0.2, 0) is 9.59 Å². The Hall–Kier alpha value is -3.86. The number of pyridine rings is 1. The van der Waals surface area contributed by atoms with Gasteiger partial charge in [-0.15, -0.1) is 0 Å². The van der Waals surface area contributed by atoms with Crippen LogP contribution in [0.15, 0.2) is 30.9 Å². The number of nitrogen functional groups attached to an aromatic ring is 1. The highest BCUT2D eigenvalue weighted by Crippen LogP contribution is 2.45. The molecule has 2 saturated heterocycles. The molecule has 2 N–H and O–H groups in total. The average molecular weight is 571 g/mol. The van der Waals surface area contributed by atoms with E-state index in [1.54, 1.807) is 20.8 Å². The summed E-state index contributed by atoms with van der Waals surface area (Å²) in [5.41, 5.74) is 6.58. The summed E-state index contributed by atoms with van der Waals surface area (Å²) in [6.45, 7) is 9.58. The highest BCUT2D eigenvalue weighted by Gasteiger charge is 2.42. The van der Waals surface area contributed by atoms with Crippen molar-refractivity contribution in [1.29, 1.82) is 0 Å². The molecule has 2 fully saturated rings. The highest BCUT2D eigenvalue weighted by molar-refractivity contribution is 6.35. The minimum absolute atomic E-state index is 0.0183. The summed E-state index contributed by atoms with van der Waals surface area (Å²) in [6, 6.07) is 3.68. The minimum Gasteiger partial charge on any atom is -0.489 e. The van der Waals surface area contributed by atoms with E-state index in [0.29, 0.717) is 45.0 Å². The van der Waals surface area contributed by atoms with Gasteiger partial charge in [-0.25, -0.2) is 9.37 Å². The van der Waals surface area contributed by atoms with Crippen molar-refractivity contribution in [3.63, 3.8) is 0 Å². The fourth-order valence-corrected chi connectivity index (χ4v) is 5.95. The molecule has 3 amide bonds. The summed E-state index contributed by atoms with van der Waals surface area (Å²) in [6.07, 6.45) is 1.64. The molecule has 0 bridgehead atoms. The van der Waals surface area contributed by atoms with E-state index in [4.69, 9.17) is 27.1 Å². The first-order valence-electron chi connectivity index (χ1n) is 13.3. The third-order valence-corrected chi connectivity index (χ3v) is 8.13. The van der Waals surface area contributed by atoms with Crippen LogP contribution in [0.5, 0.6) is 5.75 Å². The molecule has 0 aliphatic carbocycles. The van der Waals surface area contributed by atoms with Gasteiger partial charge in [0.1, 0.15) is 34.5 Å². The van der Waals surface area contributed by atoms with Crippen molar-refractivity contribution in [3.05, 3.63) is 47.3 Å². The Morgan fingerprint density at radius 2 is 1.90 bits per heavy atom. The Kier molecular flexibility index (Phi) is 7.59. The number of piperazine rings is 2. The van der Waals surface area contributed by atoms with Gasteiger partial charge in [0.2, 0.25) is 11.8 Å². The first-order valence-corrected chi connectivity index (χ1v) is 13.7. The molecule has 4 heterocycles. The topological polar surface area (TPSA) is 112 Å². The highest BCUT2D eigenvalue weighted by atomic mass is 35.5. The lowest BCUT2D eigenvalue weighted by molar-refractivity contribution is -0.131. The molecule has 1 aromatic carbocycles. The van der Waals surface area contributed by atoms with Gasteiger partial charge in [0, 0.05) is 57.4 Å². The predicted molar refractivity (Wildman–Crippen MR) is 150 cm³/mol. The molecule has 12 heteroatoms. The van der Waals surface area contributed by atoms with Gasteiger partial charge in [0.25, 0.3) is 5.91 Å². The second kappa shape index (κ2) is 11.0. The number of hydrogen-bond acceptors (Lipinski definition) is 7. The van der Waals surface area contributed by atoms with E-state index in [-0.39, 0.29) is 70.2 Å². The molecule has 1 aromatic heterocycles. The predicted octanol–water partition coefficient (Wildman–Crippen LogP) is 2.80. The number of anilines is 2. The lowest BCUT2D eigenvalue weighted by Crippen LogP contribution is -2.57. The van der Waals surface area contributed by atoms with Gasteiger partial charge in [-0.3, -0.25) is 14.4 Å². The molecule has 0 spiro atoms. The second-order valence-electron chi connectivity index (χ2n) is 10.2. The van der Waals surface area contributed by atoms with E-state index in [0.717, 1.165) is 0 Å². The van der Waals surface area contributed by atoms with E-state index in [1.807, 2.05) is 18.7 Å². The Morgan fingerprint density at radius 3 is 2.58 bits per heavy atom. The van der Waals surface area contributed by atoms with E-state index in [2.05, 4.69) is 6.58 Å². The van der Waals surface area contributed by atoms with Crippen molar-refractivity contribution in [2.45, 2.75) is 32.4 Å². The van der Waals surface area contributed by atoms with Gasteiger partial charge in [0.05, 0.1) is 11.6 Å². The van der Waals surface area contributed by atoms with Crippen LogP contribution >= 0.6 is 11.6 Å².